The molecule has 6 nitrogen and oxygen atoms in total. The average molecular weight is 928 g/mol. The van der Waals surface area contributed by atoms with Crippen LogP contribution < -0.4 is 30.2 Å². The highest BCUT2D eigenvalue weighted by atomic mass is 16.6. The van der Waals surface area contributed by atoms with Crippen LogP contribution in [0, 0.1) is 0 Å². The Labute approximate surface area is 418 Å². The third kappa shape index (κ3) is 6.88. The molecule has 0 bridgehead atoms. The number of nitrogens with one attached hydrogen (secondary N) is 1. The number of aryl methyl sites for hydroxylation is 1. The van der Waals surface area contributed by atoms with Crippen LogP contribution in [0.5, 0.6) is 23.0 Å². The van der Waals surface area contributed by atoms with E-state index in [1.54, 1.807) is 0 Å². The van der Waals surface area contributed by atoms with Crippen LogP contribution in [0.2, 0.25) is 0 Å². The van der Waals surface area contributed by atoms with E-state index in [1.165, 1.54) is 11.0 Å². The minimum absolute atomic E-state index is 0.640. The summed E-state index contributed by atoms with van der Waals surface area (Å²) in [6.45, 7) is 2.25. The summed E-state index contributed by atoms with van der Waals surface area (Å²) in [6.07, 6.45) is 2.04. The van der Waals surface area contributed by atoms with Gasteiger partial charge in [0.25, 0.3) is 0 Å². The Balaban J connectivity index is 1.08. The van der Waals surface area contributed by atoms with Crippen LogP contribution in [0.3, 0.4) is 0 Å². The van der Waals surface area contributed by atoms with Gasteiger partial charge in [-0.05, 0) is 119 Å². The lowest BCUT2D eigenvalue weighted by molar-refractivity contribution is 0.360. The zero-order valence-electron chi connectivity index (χ0n) is 39.6. The highest BCUT2D eigenvalue weighted by molar-refractivity contribution is 6.73. The fourth-order valence-electron chi connectivity index (χ4n) is 11.1. The van der Waals surface area contributed by atoms with E-state index in [4.69, 9.17) is 13.9 Å². The van der Waals surface area contributed by atoms with Gasteiger partial charge in [0.1, 0.15) is 5.58 Å². The summed E-state index contributed by atoms with van der Waals surface area (Å²) >= 11 is 0. The predicted molar refractivity (Wildman–Crippen MR) is 298 cm³/mol. The number of nitrogens with zero attached hydrogens (tertiary/aromatic N) is 2. The van der Waals surface area contributed by atoms with E-state index in [0.29, 0.717) is 30.3 Å². The molecule has 72 heavy (non-hydrogen) atoms. The van der Waals surface area contributed by atoms with Crippen molar-refractivity contribution in [1.82, 2.24) is 4.98 Å². The number of aromatic nitrogens is 1. The fraction of sp³-hybridized carbons (Fsp3) is 0.0462. The quantitative estimate of drug-likeness (QED) is 0.146. The van der Waals surface area contributed by atoms with Crippen molar-refractivity contribution in [3.05, 3.63) is 230 Å². The number of para-hydroxylation sites is 5. The second-order valence-electron chi connectivity index (χ2n) is 18.8. The van der Waals surface area contributed by atoms with Crippen LogP contribution in [0.4, 0.5) is 34.1 Å². The first-order valence-corrected chi connectivity index (χ1v) is 24.8. The van der Waals surface area contributed by atoms with E-state index < -0.39 is 0 Å². The van der Waals surface area contributed by atoms with Gasteiger partial charge in [0.05, 0.1) is 22.3 Å². The topological polar surface area (TPSA) is 53.9 Å². The Morgan fingerprint density at radius 3 is 1.83 bits per heavy atom. The molecule has 2 aliphatic rings. The zero-order chi connectivity index (χ0) is 47.7. The van der Waals surface area contributed by atoms with Crippen LogP contribution in [-0.2, 0) is 6.42 Å². The molecule has 12 aromatic rings. The summed E-state index contributed by atoms with van der Waals surface area (Å²) in [5.74, 6) is 2.79. The molecule has 4 heterocycles. The van der Waals surface area contributed by atoms with Crippen molar-refractivity contribution in [2.75, 3.05) is 9.80 Å². The van der Waals surface area contributed by atoms with Crippen molar-refractivity contribution in [3.8, 4) is 56.4 Å². The van der Waals surface area contributed by atoms with E-state index in [-0.39, 0.29) is 0 Å². The summed E-state index contributed by atoms with van der Waals surface area (Å²) < 4.78 is 20.1. The Morgan fingerprint density at radius 1 is 0.486 bits per heavy atom. The second kappa shape index (κ2) is 17.0. The van der Waals surface area contributed by atoms with Crippen LogP contribution >= 0.6 is 0 Å². The van der Waals surface area contributed by atoms with E-state index >= 15 is 0 Å². The molecule has 0 spiro atoms. The van der Waals surface area contributed by atoms with E-state index in [1.807, 2.05) is 30.3 Å². The normalized spacial score (nSPS) is 12.4. The van der Waals surface area contributed by atoms with E-state index in [9.17, 15) is 0 Å². The van der Waals surface area contributed by atoms with Crippen molar-refractivity contribution in [2.45, 2.75) is 19.8 Å². The van der Waals surface area contributed by atoms with Gasteiger partial charge >= 0.3 is 0 Å². The number of fused-ring (bicyclic) bond motifs is 9. The van der Waals surface area contributed by atoms with Crippen LogP contribution in [0.15, 0.2) is 229 Å². The van der Waals surface area contributed by atoms with Crippen molar-refractivity contribution in [3.63, 3.8) is 0 Å². The van der Waals surface area contributed by atoms with Gasteiger partial charge in [0, 0.05) is 50.7 Å². The molecule has 0 atom stereocenters. The van der Waals surface area contributed by atoms with Crippen molar-refractivity contribution < 1.29 is 13.9 Å². The maximum atomic E-state index is 6.75. The number of hydrogen-bond donors (Lipinski definition) is 1. The third-order valence-electron chi connectivity index (χ3n) is 14.4. The molecule has 10 aromatic carbocycles. The number of aromatic amines is 1. The van der Waals surface area contributed by atoms with Crippen molar-refractivity contribution >= 4 is 85.3 Å². The maximum Gasteiger partial charge on any atom is 0.206 e. The molecule has 0 saturated carbocycles. The lowest BCUT2D eigenvalue weighted by Crippen LogP contribution is -2.41. The Bertz CT molecular complexity index is 4000. The number of anilines is 6. The second-order valence-corrected chi connectivity index (χ2v) is 18.8. The molecular formula is C65H46BN3O3. The molecule has 342 valence electrons. The van der Waals surface area contributed by atoms with Gasteiger partial charge in [-0.15, -0.1) is 0 Å². The third-order valence-corrected chi connectivity index (χ3v) is 14.4. The average Bonchev–Trinajstić information content (AvgIpc) is 4.00. The number of furan rings is 1. The number of rotatable bonds is 9. The summed E-state index contributed by atoms with van der Waals surface area (Å²) in [6, 6.07) is 80.0. The van der Waals surface area contributed by atoms with Gasteiger partial charge in [-0.3, -0.25) is 0 Å². The van der Waals surface area contributed by atoms with Crippen molar-refractivity contribution in [1.29, 1.82) is 0 Å². The van der Waals surface area contributed by atoms with Gasteiger partial charge in [0.15, 0.2) is 30.3 Å². The smallest absolute Gasteiger partial charge is 0.206 e. The highest BCUT2D eigenvalue weighted by Gasteiger charge is 2.34. The molecule has 7 heteroatoms. The largest absolute Gasteiger partial charge is 0.450 e. The summed E-state index contributed by atoms with van der Waals surface area (Å²) in [5, 5.41) is 3.20. The SMILES string of the molecule is CCCc1ccc(N2c3cc4c(cc3Bc3c(-c5ccc(N(c6ccccc6)c6ccccc6)c6c5[nH]c5oc7ccccc7c56)cc(-c5ccccc5)cc32)Oc2ccccc2O4)c(-c2ccccc2)c1. The monoisotopic (exact) mass is 927 g/mol. The minimum Gasteiger partial charge on any atom is -0.450 e. The Kier molecular flexibility index (Phi) is 9.88. The first-order chi connectivity index (χ1) is 35.6. The molecule has 2 aromatic heterocycles. The first kappa shape index (κ1) is 41.7. The van der Waals surface area contributed by atoms with Gasteiger partial charge in [0.2, 0.25) is 5.71 Å². The molecule has 0 unspecified atom stereocenters. The molecule has 0 fully saturated rings. The van der Waals surface area contributed by atoms with Crippen LogP contribution in [0.25, 0.3) is 66.4 Å². The van der Waals surface area contributed by atoms with Crippen LogP contribution in [0.1, 0.15) is 18.9 Å². The van der Waals surface area contributed by atoms with Gasteiger partial charge in [-0.25, -0.2) is 0 Å². The molecule has 2 aliphatic heterocycles. The molecular weight excluding hydrogens is 882 g/mol. The number of hydrogen-bond acceptors (Lipinski definition) is 5. The first-order valence-electron chi connectivity index (χ1n) is 24.8. The molecule has 0 radical (unpaired) electrons. The highest BCUT2D eigenvalue weighted by Crippen LogP contribution is 2.52. The van der Waals surface area contributed by atoms with E-state index in [2.05, 4.69) is 216 Å². The molecule has 0 amide bonds. The number of H-pyrrole nitrogens is 1. The van der Waals surface area contributed by atoms with Crippen molar-refractivity contribution in [2.24, 2.45) is 0 Å². The molecule has 0 saturated heterocycles. The minimum atomic E-state index is 0.640. The summed E-state index contributed by atoms with van der Waals surface area (Å²) in [5.41, 5.74) is 19.4. The number of benzene rings is 10. The fourth-order valence-corrected chi connectivity index (χ4v) is 11.1. The van der Waals surface area contributed by atoms with Gasteiger partial charge in [-0.2, -0.15) is 0 Å². The number of ether oxygens (including phenoxy) is 2. The lowest BCUT2D eigenvalue weighted by atomic mass is 9.57. The molecule has 0 aliphatic carbocycles. The molecule has 1 N–H and O–H groups in total. The van der Waals surface area contributed by atoms with E-state index in [0.717, 1.165) is 119 Å². The Hall–Kier alpha value is -9.20. The zero-order valence-corrected chi connectivity index (χ0v) is 39.6. The summed E-state index contributed by atoms with van der Waals surface area (Å²) in [4.78, 5) is 8.77. The molecule has 14 rings (SSSR count). The van der Waals surface area contributed by atoms with Crippen LogP contribution in [-0.4, -0.2) is 12.3 Å². The summed E-state index contributed by atoms with van der Waals surface area (Å²) in [7, 11) is 0.640. The lowest BCUT2D eigenvalue weighted by Gasteiger charge is -2.37. The standard InChI is InChI=1S/C65H46BN3O3/c1-2-19-41-32-34-52(49(36-41)43-22-9-4-10-23-43)69-54-40-60-59(70-57-30-17-18-31-58(57)71-60)39-51(54)66-63-50(37-44(38-55(63)69)42-20-7-3-8-21-42)47-33-35-53(68(45-24-11-5-12-25-45)46-26-13-6-14-27-46)62-61-48-28-15-16-29-56(48)72-65(61)67-64(47)62/h3-18,20-40,66-67H,2,19H2,1H3. The predicted octanol–water partition coefficient (Wildman–Crippen LogP) is 16.6. The van der Waals surface area contributed by atoms with Gasteiger partial charge < -0.3 is 28.7 Å². The maximum absolute atomic E-state index is 6.75. The van der Waals surface area contributed by atoms with Gasteiger partial charge in [-0.1, -0.05) is 158 Å². The Morgan fingerprint density at radius 2 is 1.12 bits per heavy atom.